The van der Waals surface area contributed by atoms with Gasteiger partial charge < -0.3 is 15.7 Å². The van der Waals surface area contributed by atoms with Crippen LogP contribution in [0, 0.1) is 0 Å². The molecule has 1 rings (SSSR count). The number of aromatic nitrogens is 1. The summed E-state index contributed by atoms with van der Waals surface area (Å²) in [5.41, 5.74) is 0.282. The molecule has 1 heterocycles. The van der Waals surface area contributed by atoms with Crippen molar-refractivity contribution in [2.24, 2.45) is 0 Å². The van der Waals surface area contributed by atoms with Gasteiger partial charge in [0.1, 0.15) is 6.04 Å². The Bertz CT molecular complexity index is 1010. The highest BCUT2D eigenvalue weighted by Crippen LogP contribution is 2.01. The smallest absolute Gasteiger partial charge is 0.326 e. The minimum atomic E-state index is -1.15. The molecule has 0 aliphatic rings. The highest BCUT2D eigenvalue weighted by Gasteiger charge is 2.20. The number of carboxylic acid groups (broad SMARTS) is 1. The van der Waals surface area contributed by atoms with Gasteiger partial charge in [-0.15, -0.1) is 0 Å². The maximum Gasteiger partial charge on any atom is 0.326 e. The number of rotatable bonds is 20. The lowest BCUT2D eigenvalue weighted by Crippen LogP contribution is -2.43. The van der Waals surface area contributed by atoms with E-state index in [1.165, 1.54) is 12.4 Å². The van der Waals surface area contributed by atoms with Gasteiger partial charge in [0, 0.05) is 25.4 Å². The van der Waals surface area contributed by atoms with Crippen molar-refractivity contribution in [1.29, 1.82) is 0 Å². The van der Waals surface area contributed by atoms with Gasteiger partial charge in [0.25, 0.3) is 5.91 Å². The number of amides is 2. The van der Waals surface area contributed by atoms with Crippen molar-refractivity contribution in [3.8, 4) is 0 Å². The van der Waals surface area contributed by atoms with Crippen LogP contribution in [0.15, 0.2) is 97.4 Å². The molecule has 7 heteroatoms. The molecule has 1 unspecified atom stereocenters. The van der Waals surface area contributed by atoms with Gasteiger partial charge >= 0.3 is 5.97 Å². The lowest BCUT2D eigenvalue weighted by atomic mass is 10.1. The number of carboxylic acids is 1. The van der Waals surface area contributed by atoms with Gasteiger partial charge in [-0.25, -0.2) is 4.79 Å². The molecular formula is C32H43N3O4. The molecule has 210 valence electrons. The Labute approximate surface area is 233 Å². The normalized spacial score (nSPS) is 12.9. The molecule has 0 aromatic carbocycles. The van der Waals surface area contributed by atoms with E-state index in [2.05, 4.69) is 83.3 Å². The third-order valence-electron chi connectivity index (χ3n) is 5.42. The highest BCUT2D eigenvalue weighted by atomic mass is 16.4. The van der Waals surface area contributed by atoms with Crippen LogP contribution < -0.4 is 10.6 Å². The molecular weight excluding hydrogens is 490 g/mol. The first kappa shape index (κ1) is 33.0. The van der Waals surface area contributed by atoms with Gasteiger partial charge in [-0.05, 0) is 63.5 Å². The minimum Gasteiger partial charge on any atom is -0.480 e. The van der Waals surface area contributed by atoms with Crippen LogP contribution in [0.4, 0.5) is 0 Å². The second kappa shape index (κ2) is 23.1. The van der Waals surface area contributed by atoms with Gasteiger partial charge in [-0.1, -0.05) is 79.8 Å². The average molecular weight is 534 g/mol. The van der Waals surface area contributed by atoms with Crippen molar-refractivity contribution in [3.05, 3.63) is 103 Å². The summed E-state index contributed by atoms with van der Waals surface area (Å²) >= 11 is 0. The molecule has 3 N–H and O–H groups in total. The fourth-order valence-electron chi connectivity index (χ4n) is 3.29. The van der Waals surface area contributed by atoms with E-state index in [4.69, 9.17) is 0 Å². The maximum atomic E-state index is 12.1. The zero-order valence-electron chi connectivity index (χ0n) is 23.0. The summed E-state index contributed by atoms with van der Waals surface area (Å²) in [5, 5.41) is 14.5. The number of allylic oxidation sites excluding steroid dienone is 12. The second-order valence-corrected chi connectivity index (χ2v) is 8.70. The van der Waals surface area contributed by atoms with Gasteiger partial charge in [0.2, 0.25) is 5.91 Å². The number of nitrogens with zero attached hydrogens (tertiary/aromatic N) is 1. The van der Waals surface area contributed by atoms with Gasteiger partial charge in [-0.2, -0.15) is 0 Å². The summed E-state index contributed by atoms with van der Waals surface area (Å²) in [6.07, 6.45) is 35.3. The van der Waals surface area contributed by atoms with Gasteiger partial charge in [-0.3, -0.25) is 14.6 Å². The van der Waals surface area contributed by atoms with Crippen molar-refractivity contribution >= 4 is 17.8 Å². The third kappa shape index (κ3) is 18.8. The number of hydrogen-bond acceptors (Lipinski definition) is 4. The predicted octanol–water partition coefficient (Wildman–Crippen LogP) is 6.25. The van der Waals surface area contributed by atoms with E-state index in [0.717, 1.165) is 38.5 Å². The summed E-state index contributed by atoms with van der Waals surface area (Å²) < 4.78 is 0. The Morgan fingerprint density at radius 2 is 1.38 bits per heavy atom. The van der Waals surface area contributed by atoms with Crippen LogP contribution in [-0.4, -0.2) is 40.5 Å². The van der Waals surface area contributed by atoms with E-state index >= 15 is 0 Å². The average Bonchev–Trinajstić information content (AvgIpc) is 2.94. The molecule has 1 aromatic heterocycles. The summed E-state index contributed by atoms with van der Waals surface area (Å²) in [7, 11) is 0. The highest BCUT2D eigenvalue weighted by molar-refractivity contribution is 5.96. The Hall–Kier alpha value is -4.00. The molecule has 0 saturated carbocycles. The van der Waals surface area contributed by atoms with Gasteiger partial charge in [0.15, 0.2) is 0 Å². The molecule has 0 radical (unpaired) electrons. The third-order valence-corrected chi connectivity index (χ3v) is 5.42. The van der Waals surface area contributed by atoms with E-state index in [1.54, 1.807) is 12.1 Å². The Balaban J connectivity index is 2.09. The summed E-state index contributed by atoms with van der Waals surface area (Å²) in [4.78, 5) is 39.4. The molecule has 7 nitrogen and oxygen atoms in total. The predicted molar refractivity (Wildman–Crippen MR) is 158 cm³/mol. The monoisotopic (exact) mass is 533 g/mol. The van der Waals surface area contributed by atoms with Crippen molar-refractivity contribution < 1.29 is 19.5 Å². The fraction of sp³-hybridized carbons (Fsp3) is 0.375. The van der Waals surface area contributed by atoms with Crippen LogP contribution in [0.5, 0.6) is 0 Å². The fourth-order valence-corrected chi connectivity index (χ4v) is 3.29. The quantitative estimate of drug-likeness (QED) is 0.172. The summed E-state index contributed by atoms with van der Waals surface area (Å²) in [6, 6.07) is 2.06. The van der Waals surface area contributed by atoms with Crippen molar-refractivity contribution in [2.45, 2.75) is 70.8 Å². The Morgan fingerprint density at radius 3 is 1.87 bits per heavy atom. The zero-order valence-corrected chi connectivity index (χ0v) is 23.0. The molecule has 39 heavy (non-hydrogen) atoms. The molecule has 2 amide bonds. The first-order valence-electron chi connectivity index (χ1n) is 13.6. The first-order valence-corrected chi connectivity index (χ1v) is 13.6. The van der Waals surface area contributed by atoms with Crippen molar-refractivity contribution in [3.63, 3.8) is 0 Å². The number of carbonyl (C=O) groups is 3. The molecule has 0 bridgehead atoms. The summed E-state index contributed by atoms with van der Waals surface area (Å²) in [6.45, 7) is 2.30. The molecule has 1 atom stereocenters. The standard InChI is InChI=1S/C32H43N3O4/c1-2-3-4-5-6-7-8-9-10-11-12-13-14-15-16-17-18-19-20-23-30(36)34-26-24-29(32(38)39)35-31(37)28-22-21-25-33-27-28/h3-4,6-7,9-10,12-13,15-16,18-19,21-22,25,27,29H,2,5,8,11,14,17,20,23-24,26H2,1H3,(H,34,36)(H,35,37)(H,38,39). The van der Waals surface area contributed by atoms with Gasteiger partial charge in [0.05, 0.1) is 5.56 Å². The molecule has 0 saturated heterocycles. The maximum absolute atomic E-state index is 12.1. The number of aliphatic carboxylic acids is 1. The van der Waals surface area contributed by atoms with E-state index in [0.29, 0.717) is 12.8 Å². The Morgan fingerprint density at radius 1 is 0.846 bits per heavy atom. The van der Waals surface area contributed by atoms with Crippen LogP contribution in [0.3, 0.4) is 0 Å². The molecule has 0 spiro atoms. The summed E-state index contributed by atoms with van der Waals surface area (Å²) in [5.74, 6) is -1.82. The van der Waals surface area contributed by atoms with Crippen LogP contribution >= 0.6 is 0 Å². The lowest BCUT2D eigenvalue weighted by molar-refractivity contribution is -0.139. The second-order valence-electron chi connectivity index (χ2n) is 8.70. The van der Waals surface area contributed by atoms with Crippen LogP contribution in [0.1, 0.15) is 75.1 Å². The van der Waals surface area contributed by atoms with E-state index in [-0.39, 0.29) is 24.4 Å². The minimum absolute atomic E-state index is 0.0903. The van der Waals surface area contributed by atoms with E-state index in [1.807, 2.05) is 12.2 Å². The molecule has 0 aliphatic heterocycles. The molecule has 1 aromatic rings. The Kier molecular flexibility index (Phi) is 19.6. The SMILES string of the molecule is CCC=CCC=CCC=CCC=CCC=CCC=CCCC(=O)NCCC(NC(=O)c1cccnc1)C(=O)O. The van der Waals surface area contributed by atoms with E-state index in [9.17, 15) is 19.5 Å². The zero-order chi connectivity index (χ0) is 28.4. The topological polar surface area (TPSA) is 108 Å². The van der Waals surface area contributed by atoms with Crippen LogP contribution in [0.2, 0.25) is 0 Å². The van der Waals surface area contributed by atoms with E-state index < -0.39 is 17.9 Å². The number of pyridine rings is 1. The van der Waals surface area contributed by atoms with Crippen LogP contribution in [-0.2, 0) is 9.59 Å². The largest absolute Gasteiger partial charge is 0.480 e. The van der Waals surface area contributed by atoms with Crippen molar-refractivity contribution in [1.82, 2.24) is 15.6 Å². The number of hydrogen-bond donors (Lipinski definition) is 3. The first-order chi connectivity index (χ1) is 19.0. The van der Waals surface area contributed by atoms with Crippen LogP contribution in [0.25, 0.3) is 0 Å². The van der Waals surface area contributed by atoms with Crippen molar-refractivity contribution in [2.75, 3.05) is 6.54 Å². The lowest BCUT2D eigenvalue weighted by Gasteiger charge is -2.14. The molecule has 0 fully saturated rings. The number of nitrogens with one attached hydrogen (secondary N) is 2. The number of carbonyl (C=O) groups excluding carboxylic acids is 2. The molecule has 0 aliphatic carbocycles.